The molecule has 0 bridgehead atoms. The van der Waals surface area contributed by atoms with Gasteiger partial charge in [-0.05, 0) is 46.2 Å². The molecule has 5 N–H and O–H groups in total. The van der Waals surface area contributed by atoms with Gasteiger partial charge in [0, 0.05) is 51.9 Å². The first-order chi connectivity index (χ1) is 20.0. The highest BCUT2D eigenvalue weighted by atomic mass is 32.1. The van der Waals surface area contributed by atoms with Gasteiger partial charge in [0.05, 0.1) is 12.8 Å². The molecule has 0 spiro atoms. The number of carbonyl (C=O) groups is 2. The second-order valence-corrected chi connectivity index (χ2v) is 11.9. The number of allylic oxidation sites excluding steroid dienone is 1. The maximum Gasteiger partial charge on any atom is 0.404 e. The third kappa shape index (κ3) is 5.40. The number of rotatable bonds is 7. The molecule has 0 radical (unpaired) electrons. The molecule has 216 valence electrons. The van der Waals surface area contributed by atoms with Crippen molar-refractivity contribution in [2.24, 2.45) is 12.5 Å². The van der Waals surface area contributed by atoms with Gasteiger partial charge >= 0.3 is 6.09 Å². The fourth-order valence-corrected chi connectivity index (χ4v) is 6.30. The predicted molar refractivity (Wildman–Crippen MR) is 170 cm³/mol. The quantitative estimate of drug-likeness (QED) is 0.163. The molecule has 0 saturated heterocycles. The van der Waals surface area contributed by atoms with Crippen LogP contribution in [0.5, 0.6) is 5.75 Å². The summed E-state index contributed by atoms with van der Waals surface area (Å²) in [4.78, 5) is 28.8. The Hall–Kier alpha value is -4.83. The van der Waals surface area contributed by atoms with E-state index in [1.54, 1.807) is 24.6 Å². The number of hydrogen-bond donors (Lipinski definition) is 4. The zero-order chi connectivity index (χ0) is 30.2. The van der Waals surface area contributed by atoms with Crippen LogP contribution in [0.25, 0.3) is 37.7 Å². The van der Waals surface area contributed by atoms with Crippen LogP contribution in [0.3, 0.4) is 0 Å². The van der Waals surface area contributed by atoms with Crippen LogP contribution in [0.15, 0.2) is 66.2 Å². The van der Waals surface area contributed by atoms with Crippen molar-refractivity contribution in [3.63, 3.8) is 0 Å². The summed E-state index contributed by atoms with van der Waals surface area (Å²) in [6.07, 6.45) is 2.56. The van der Waals surface area contributed by atoms with Gasteiger partial charge in [-0.15, -0.1) is 11.3 Å². The number of para-hydroxylation sites is 1. The van der Waals surface area contributed by atoms with E-state index < -0.39 is 6.09 Å². The van der Waals surface area contributed by atoms with Crippen molar-refractivity contribution in [3.8, 4) is 16.9 Å². The van der Waals surface area contributed by atoms with E-state index in [0.29, 0.717) is 22.9 Å². The Morgan fingerprint density at radius 2 is 1.93 bits per heavy atom. The van der Waals surface area contributed by atoms with E-state index in [-0.39, 0.29) is 17.9 Å². The molecule has 5 aromatic rings. The number of benzene rings is 2. The molecular formula is C32H33N5O4S. The molecular weight excluding hydrogens is 550 g/mol. The van der Waals surface area contributed by atoms with E-state index in [2.05, 4.69) is 36.4 Å². The minimum atomic E-state index is -1.08. The molecule has 2 aromatic carbocycles. The molecule has 0 atom stereocenters. The third-order valence-electron chi connectivity index (χ3n) is 7.23. The highest BCUT2D eigenvalue weighted by Gasteiger charge is 2.24. The number of anilines is 2. The van der Waals surface area contributed by atoms with Crippen molar-refractivity contribution in [2.45, 2.75) is 20.8 Å². The number of nitrogen functional groups attached to an aromatic ring is 1. The maximum absolute atomic E-state index is 13.2. The number of methoxy groups -OCH3 is 1. The van der Waals surface area contributed by atoms with Gasteiger partial charge < -0.3 is 30.8 Å². The number of thiophene rings is 1. The van der Waals surface area contributed by atoms with Crippen molar-refractivity contribution < 1.29 is 19.4 Å². The standard InChI is InChI=1S/C32H33N5O4S/c1-32(2,3)22(12-13-34-31(39)40)20-16-35-29(33)27-21(17-42-28(20)27)18-10-11-23(26(15-18)41-5)36-30(38)25-14-19-8-6-7-9-24(19)37(25)4/h6-12,14-17,34H,13H2,1-5H3,(H2,33,35)(H,36,38)(H,39,40)/b22-12-. The summed E-state index contributed by atoms with van der Waals surface area (Å²) in [5.41, 5.74) is 11.8. The fraction of sp³-hybridized carbons (Fsp3) is 0.219. The smallest absolute Gasteiger partial charge is 0.404 e. The van der Waals surface area contributed by atoms with Crippen LogP contribution in [-0.2, 0) is 7.05 Å². The lowest BCUT2D eigenvalue weighted by Crippen LogP contribution is -2.21. The van der Waals surface area contributed by atoms with Crippen LogP contribution in [0.1, 0.15) is 36.8 Å². The largest absolute Gasteiger partial charge is 0.495 e. The van der Waals surface area contributed by atoms with E-state index >= 15 is 0 Å². The Morgan fingerprint density at radius 3 is 2.62 bits per heavy atom. The van der Waals surface area contributed by atoms with Crippen molar-refractivity contribution in [1.82, 2.24) is 14.9 Å². The van der Waals surface area contributed by atoms with Gasteiger partial charge in [0.25, 0.3) is 5.91 Å². The molecule has 3 heterocycles. The lowest BCUT2D eigenvalue weighted by molar-refractivity contribution is 0.101. The third-order valence-corrected chi connectivity index (χ3v) is 8.24. The topological polar surface area (TPSA) is 132 Å². The van der Waals surface area contributed by atoms with Gasteiger partial charge in [-0.25, -0.2) is 9.78 Å². The van der Waals surface area contributed by atoms with Crippen LogP contribution in [-0.4, -0.2) is 40.3 Å². The Bertz CT molecular complexity index is 1860. The molecule has 0 saturated carbocycles. The number of carboxylic acid groups (broad SMARTS) is 1. The number of ether oxygens (including phenoxy) is 1. The first kappa shape index (κ1) is 28.7. The minimum absolute atomic E-state index is 0.176. The number of nitrogens with one attached hydrogen (secondary N) is 2. The van der Waals surface area contributed by atoms with E-state index in [1.165, 1.54) is 0 Å². The van der Waals surface area contributed by atoms with Crippen molar-refractivity contribution >= 4 is 61.4 Å². The highest BCUT2D eigenvalue weighted by molar-refractivity contribution is 7.18. The van der Waals surface area contributed by atoms with Crippen LogP contribution in [0.2, 0.25) is 0 Å². The summed E-state index contributed by atoms with van der Waals surface area (Å²) in [6, 6.07) is 15.3. The molecule has 2 amide bonds. The summed E-state index contributed by atoms with van der Waals surface area (Å²) in [5, 5.41) is 18.3. The number of amides is 2. The Balaban J connectivity index is 1.52. The molecule has 10 heteroatoms. The van der Waals surface area contributed by atoms with Gasteiger partial charge in [-0.1, -0.05) is 51.1 Å². The zero-order valence-electron chi connectivity index (χ0n) is 24.1. The highest BCUT2D eigenvalue weighted by Crippen LogP contribution is 2.45. The SMILES string of the molecule is COc1cc(-c2csc3c(/C(=C/CNC(=O)O)C(C)(C)C)cnc(N)c23)ccc1NC(=O)c1cc2ccccc2n1C. The first-order valence-corrected chi connectivity index (χ1v) is 14.2. The molecule has 0 aliphatic heterocycles. The predicted octanol–water partition coefficient (Wildman–Crippen LogP) is 7.00. The molecule has 0 fully saturated rings. The van der Waals surface area contributed by atoms with E-state index in [4.69, 9.17) is 15.6 Å². The van der Waals surface area contributed by atoms with Gasteiger partial charge in [0.1, 0.15) is 17.3 Å². The van der Waals surface area contributed by atoms with Gasteiger partial charge in [-0.2, -0.15) is 0 Å². The number of aryl methyl sites for hydroxylation is 1. The Morgan fingerprint density at radius 1 is 1.17 bits per heavy atom. The second kappa shape index (κ2) is 11.2. The number of fused-ring (bicyclic) bond motifs is 2. The molecule has 0 aliphatic carbocycles. The molecule has 5 rings (SSSR count). The summed E-state index contributed by atoms with van der Waals surface area (Å²) in [5.74, 6) is 0.670. The number of nitrogens with two attached hydrogens (primary N) is 1. The van der Waals surface area contributed by atoms with Crippen LogP contribution < -0.4 is 21.1 Å². The minimum Gasteiger partial charge on any atom is -0.495 e. The summed E-state index contributed by atoms with van der Waals surface area (Å²) < 4.78 is 8.52. The average molecular weight is 584 g/mol. The summed E-state index contributed by atoms with van der Waals surface area (Å²) in [6.45, 7) is 6.40. The molecule has 42 heavy (non-hydrogen) atoms. The van der Waals surface area contributed by atoms with Gasteiger partial charge in [0.15, 0.2) is 0 Å². The Kier molecular flexibility index (Phi) is 7.66. The molecule has 0 aliphatic rings. The van der Waals surface area contributed by atoms with Crippen LogP contribution in [0, 0.1) is 5.41 Å². The summed E-state index contributed by atoms with van der Waals surface area (Å²) in [7, 11) is 3.44. The van der Waals surface area contributed by atoms with Crippen molar-refractivity contribution in [1.29, 1.82) is 0 Å². The lowest BCUT2D eigenvalue weighted by atomic mass is 9.82. The number of carbonyl (C=O) groups excluding carboxylic acids is 1. The summed E-state index contributed by atoms with van der Waals surface area (Å²) >= 11 is 1.55. The van der Waals surface area contributed by atoms with Crippen LogP contribution in [0.4, 0.5) is 16.3 Å². The average Bonchev–Trinajstić information content (AvgIpc) is 3.54. The van der Waals surface area contributed by atoms with E-state index in [0.717, 1.165) is 43.3 Å². The normalized spacial score (nSPS) is 12.1. The molecule has 3 aromatic heterocycles. The zero-order valence-corrected chi connectivity index (χ0v) is 24.9. The molecule has 0 unspecified atom stereocenters. The van der Waals surface area contributed by atoms with Crippen molar-refractivity contribution in [2.75, 3.05) is 24.7 Å². The number of aromatic nitrogens is 2. The number of nitrogens with zero attached hydrogens (tertiary/aromatic N) is 2. The Labute approximate surface area is 247 Å². The number of hydrogen-bond acceptors (Lipinski definition) is 6. The second-order valence-electron chi connectivity index (χ2n) is 11.0. The van der Waals surface area contributed by atoms with Gasteiger partial charge in [-0.3, -0.25) is 4.79 Å². The molecule has 9 nitrogen and oxygen atoms in total. The lowest BCUT2D eigenvalue weighted by Gasteiger charge is -2.24. The van der Waals surface area contributed by atoms with Crippen LogP contribution >= 0.6 is 11.3 Å². The first-order valence-electron chi connectivity index (χ1n) is 13.4. The maximum atomic E-state index is 13.2. The van der Waals surface area contributed by atoms with E-state index in [1.807, 2.05) is 71.6 Å². The number of pyridine rings is 1. The van der Waals surface area contributed by atoms with Gasteiger partial charge in [0.2, 0.25) is 0 Å². The van der Waals surface area contributed by atoms with Crippen molar-refractivity contribution in [3.05, 3.63) is 77.4 Å². The fourth-order valence-electron chi connectivity index (χ4n) is 5.19. The van der Waals surface area contributed by atoms with E-state index in [9.17, 15) is 9.59 Å². The monoisotopic (exact) mass is 583 g/mol.